The van der Waals surface area contributed by atoms with Gasteiger partial charge in [-0.25, -0.2) is 0 Å². The van der Waals surface area contributed by atoms with Crippen molar-refractivity contribution < 1.29 is 4.42 Å². The summed E-state index contributed by atoms with van der Waals surface area (Å²) in [5.41, 5.74) is 13.6. The van der Waals surface area contributed by atoms with Gasteiger partial charge < -0.3 is 14.2 Å². The van der Waals surface area contributed by atoms with Crippen LogP contribution in [-0.2, 0) is 10.8 Å². The monoisotopic (exact) mass is 582 g/mol. The van der Waals surface area contributed by atoms with Crippen LogP contribution in [0.5, 0.6) is 0 Å². The molecule has 3 heteroatoms. The molecule has 0 amide bonds. The van der Waals surface area contributed by atoms with Crippen LogP contribution in [-0.4, -0.2) is 0 Å². The van der Waals surface area contributed by atoms with Gasteiger partial charge in [-0.3, -0.25) is 0 Å². The van der Waals surface area contributed by atoms with Crippen molar-refractivity contribution in [1.29, 1.82) is 0 Å². The molecule has 0 fully saturated rings. The molecule has 0 spiro atoms. The van der Waals surface area contributed by atoms with Crippen molar-refractivity contribution in [1.82, 2.24) is 0 Å². The average molecular weight is 583 g/mol. The molecule has 2 aliphatic heterocycles. The van der Waals surface area contributed by atoms with Gasteiger partial charge in [-0.05, 0) is 58.7 Å². The Hall–Kier alpha value is -5.28. The second-order valence-corrected chi connectivity index (χ2v) is 13.4. The summed E-state index contributed by atoms with van der Waals surface area (Å²) in [4.78, 5) is 4.79. The molecule has 0 N–H and O–H groups in total. The summed E-state index contributed by atoms with van der Waals surface area (Å²) in [5, 5.41) is 2.23. The number of benzene rings is 6. The number of anilines is 6. The molecule has 0 aliphatic carbocycles. The quantitative estimate of drug-likeness (QED) is 0.202. The van der Waals surface area contributed by atoms with Crippen LogP contribution in [0.3, 0.4) is 0 Å². The second-order valence-electron chi connectivity index (χ2n) is 13.4. The van der Waals surface area contributed by atoms with Gasteiger partial charge >= 0.3 is 0 Å². The standard InChI is InChI=1S/C42H34N2O/c1-41(2)29-17-5-9-21-33(29)43(34-22-10-6-18-30(34)41)37-25-13-15-27-28-16-14-26-38(40(28)45-39(27)37)44-35-23-11-7-19-31(35)42(3,4)32-20-8-12-24-36(32)44/h5-26H,1-4H3. The SMILES string of the molecule is CC1(C)c2ccccc2N(c2cccc3c2oc2c(N4c5ccccc5C(C)(C)c5ccccc54)cccc23)c2ccccc21. The van der Waals surface area contributed by atoms with E-state index in [1.54, 1.807) is 0 Å². The molecule has 9 rings (SSSR count). The number of hydrogen-bond acceptors (Lipinski definition) is 3. The molecule has 6 aromatic carbocycles. The third-order valence-corrected chi connectivity index (χ3v) is 10.2. The predicted molar refractivity (Wildman–Crippen MR) is 187 cm³/mol. The Labute approximate surface area is 264 Å². The highest BCUT2D eigenvalue weighted by Gasteiger charge is 2.39. The van der Waals surface area contributed by atoms with Gasteiger partial charge in [0.15, 0.2) is 11.2 Å². The summed E-state index contributed by atoms with van der Waals surface area (Å²) in [6.45, 7) is 9.30. The van der Waals surface area contributed by atoms with Gasteiger partial charge in [-0.1, -0.05) is 125 Å². The van der Waals surface area contributed by atoms with Crippen molar-refractivity contribution in [3.05, 3.63) is 156 Å². The van der Waals surface area contributed by atoms with Gasteiger partial charge in [0.2, 0.25) is 0 Å². The maximum Gasteiger partial charge on any atom is 0.159 e. The van der Waals surface area contributed by atoms with Crippen molar-refractivity contribution in [3.8, 4) is 0 Å². The zero-order valence-electron chi connectivity index (χ0n) is 26.0. The van der Waals surface area contributed by atoms with Crippen molar-refractivity contribution in [2.24, 2.45) is 0 Å². The molecule has 0 saturated carbocycles. The topological polar surface area (TPSA) is 19.6 Å². The van der Waals surface area contributed by atoms with Crippen LogP contribution >= 0.6 is 0 Å². The molecule has 0 saturated heterocycles. The molecule has 2 aliphatic rings. The third-order valence-electron chi connectivity index (χ3n) is 10.2. The third kappa shape index (κ3) is 3.47. The number of rotatable bonds is 2. The Morgan fingerprint density at radius 3 is 0.978 bits per heavy atom. The van der Waals surface area contributed by atoms with Gasteiger partial charge in [0, 0.05) is 21.6 Å². The van der Waals surface area contributed by atoms with E-state index in [0.29, 0.717) is 0 Å². The fraction of sp³-hybridized carbons (Fsp3) is 0.143. The highest BCUT2D eigenvalue weighted by Crippen LogP contribution is 2.56. The van der Waals surface area contributed by atoms with Crippen molar-refractivity contribution in [3.63, 3.8) is 0 Å². The van der Waals surface area contributed by atoms with Crippen LogP contribution in [0, 0.1) is 0 Å². The second kappa shape index (κ2) is 9.12. The largest absolute Gasteiger partial charge is 0.452 e. The molecule has 0 radical (unpaired) electrons. The molecular formula is C42H34N2O. The molecule has 0 unspecified atom stereocenters. The van der Waals surface area contributed by atoms with Crippen LogP contribution in [0.1, 0.15) is 49.9 Å². The molecule has 218 valence electrons. The summed E-state index contributed by atoms with van der Waals surface area (Å²) in [6.07, 6.45) is 0. The summed E-state index contributed by atoms with van der Waals surface area (Å²) in [5.74, 6) is 0. The molecule has 0 bridgehead atoms. The lowest BCUT2D eigenvalue weighted by molar-refractivity contribution is 0.629. The first-order chi connectivity index (χ1) is 21.9. The summed E-state index contributed by atoms with van der Waals surface area (Å²) >= 11 is 0. The van der Waals surface area contributed by atoms with Crippen LogP contribution in [0.25, 0.3) is 21.9 Å². The van der Waals surface area contributed by atoms with E-state index in [9.17, 15) is 0 Å². The fourth-order valence-electron chi connectivity index (χ4n) is 8.00. The number of para-hydroxylation sites is 6. The molecule has 45 heavy (non-hydrogen) atoms. The number of furan rings is 1. The maximum atomic E-state index is 7.10. The minimum atomic E-state index is -0.124. The zero-order valence-corrected chi connectivity index (χ0v) is 26.0. The molecular weight excluding hydrogens is 548 g/mol. The van der Waals surface area contributed by atoms with Crippen LogP contribution in [0.2, 0.25) is 0 Å². The number of fused-ring (bicyclic) bond motifs is 7. The van der Waals surface area contributed by atoms with Crippen LogP contribution in [0.15, 0.2) is 138 Å². The predicted octanol–water partition coefficient (Wildman–Crippen LogP) is 11.8. The van der Waals surface area contributed by atoms with Crippen molar-refractivity contribution in [2.45, 2.75) is 38.5 Å². The first-order valence-electron chi connectivity index (χ1n) is 15.8. The summed E-state index contributed by atoms with van der Waals surface area (Å²) in [6, 6.07) is 48.3. The Bertz CT molecular complexity index is 2050. The smallest absolute Gasteiger partial charge is 0.159 e. The van der Waals surface area contributed by atoms with E-state index in [-0.39, 0.29) is 10.8 Å². The van der Waals surface area contributed by atoms with E-state index < -0.39 is 0 Å². The first kappa shape index (κ1) is 26.2. The molecule has 1 aromatic heterocycles. The Kier molecular flexibility index (Phi) is 5.30. The average Bonchev–Trinajstić information content (AvgIpc) is 3.46. The zero-order chi connectivity index (χ0) is 30.5. The van der Waals surface area contributed by atoms with E-state index >= 15 is 0 Å². The van der Waals surface area contributed by atoms with Gasteiger partial charge in [0.1, 0.15) is 0 Å². The number of nitrogens with zero attached hydrogens (tertiary/aromatic N) is 2. The molecule has 3 heterocycles. The lowest BCUT2D eigenvalue weighted by atomic mass is 9.73. The van der Waals surface area contributed by atoms with Gasteiger partial charge in [-0.2, -0.15) is 0 Å². The summed E-state index contributed by atoms with van der Waals surface area (Å²) < 4.78 is 7.10. The molecule has 7 aromatic rings. The number of hydrogen-bond donors (Lipinski definition) is 0. The Morgan fingerprint density at radius 2 is 0.644 bits per heavy atom. The van der Waals surface area contributed by atoms with E-state index in [1.807, 2.05) is 0 Å². The first-order valence-corrected chi connectivity index (χ1v) is 15.8. The van der Waals surface area contributed by atoms with Gasteiger partial charge in [0.05, 0.1) is 34.1 Å². The summed E-state index contributed by atoms with van der Waals surface area (Å²) in [7, 11) is 0. The van der Waals surface area contributed by atoms with Crippen molar-refractivity contribution in [2.75, 3.05) is 9.80 Å². The van der Waals surface area contributed by atoms with E-state index in [1.165, 1.54) is 45.0 Å². The maximum absolute atomic E-state index is 7.10. The van der Waals surface area contributed by atoms with Gasteiger partial charge in [0.25, 0.3) is 0 Å². The van der Waals surface area contributed by atoms with E-state index in [2.05, 4.69) is 171 Å². The lowest BCUT2D eigenvalue weighted by Gasteiger charge is -2.42. The fourth-order valence-corrected chi connectivity index (χ4v) is 8.00. The minimum absolute atomic E-state index is 0.124. The Morgan fingerprint density at radius 1 is 0.356 bits per heavy atom. The highest BCUT2D eigenvalue weighted by atomic mass is 16.3. The van der Waals surface area contributed by atoms with E-state index in [0.717, 1.165) is 33.3 Å². The molecule has 0 atom stereocenters. The van der Waals surface area contributed by atoms with Crippen LogP contribution in [0.4, 0.5) is 34.1 Å². The Balaban J connectivity index is 1.32. The molecule has 3 nitrogen and oxygen atoms in total. The van der Waals surface area contributed by atoms with Crippen LogP contribution < -0.4 is 9.80 Å². The lowest BCUT2D eigenvalue weighted by Crippen LogP contribution is -2.30. The van der Waals surface area contributed by atoms with Crippen molar-refractivity contribution >= 4 is 56.1 Å². The minimum Gasteiger partial charge on any atom is -0.452 e. The van der Waals surface area contributed by atoms with E-state index in [4.69, 9.17) is 4.42 Å². The highest BCUT2D eigenvalue weighted by molar-refractivity contribution is 6.14. The normalized spacial score (nSPS) is 15.8. The van der Waals surface area contributed by atoms with Gasteiger partial charge in [-0.15, -0.1) is 0 Å².